The van der Waals surface area contributed by atoms with Gasteiger partial charge in [-0.25, -0.2) is 0 Å². The highest BCUT2D eigenvalue weighted by Gasteiger charge is 2.18. The fourth-order valence-corrected chi connectivity index (χ4v) is 18.9. The van der Waals surface area contributed by atoms with Gasteiger partial charge < -0.3 is 0 Å². The van der Waals surface area contributed by atoms with Gasteiger partial charge >= 0.3 is 0 Å². The van der Waals surface area contributed by atoms with Gasteiger partial charge in [-0.15, -0.1) is 0 Å². The first kappa shape index (κ1) is 91.1. The molecule has 662 valence electrons. The molecule has 0 nitrogen and oxygen atoms in total. The monoisotopic (exact) mass is 1760 g/mol. The van der Waals surface area contributed by atoms with Crippen LogP contribution in [0.15, 0.2) is 491 Å². The zero-order valence-corrected chi connectivity index (χ0v) is 80.3. The zero-order chi connectivity index (χ0) is 94.3. The summed E-state index contributed by atoms with van der Waals surface area (Å²) in [4.78, 5) is 0. The van der Waals surface area contributed by atoms with Crippen LogP contribution in [0.1, 0.15) is 61.2 Å². The molecule has 137 heavy (non-hydrogen) atoms. The largest absolute Gasteiger partial charge is 0.0622 e. The minimum Gasteiger partial charge on any atom is -0.0622 e. The van der Waals surface area contributed by atoms with Crippen molar-refractivity contribution in [2.75, 3.05) is 0 Å². The Morgan fingerprint density at radius 2 is 0.234 bits per heavy atom. The summed E-state index contributed by atoms with van der Waals surface area (Å²) in [5, 5.41) is 0. The van der Waals surface area contributed by atoms with Gasteiger partial charge in [0.05, 0.1) is 0 Å². The molecule has 0 heterocycles. The van der Waals surface area contributed by atoms with Crippen LogP contribution in [-0.4, -0.2) is 0 Å². The molecule has 0 aliphatic carbocycles. The zero-order valence-electron chi connectivity index (χ0n) is 80.3. The van der Waals surface area contributed by atoms with E-state index in [2.05, 4.69) is 568 Å². The lowest BCUT2D eigenvalue weighted by Crippen LogP contribution is -1.89. The fraction of sp³-hybridized carbons (Fsp3) is 0.0803. The Labute approximate surface area is 812 Å². The molecule has 0 atom stereocenters. The molecular weight excluding hydrogens is 1650 g/mol. The Kier molecular flexibility index (Phi) is 28.1. The van der Waals surface area contributed by atoms with Crippen LogP contribution in [0.4, 0.5) is 0 Å². The van der Waals surface area contributed by atoms with Crippen molar-refractivity contribution in [3.63, 3.8) is 0 Å². The molecule has 0 heteroatoms. The number of hydrogen-bond donors (Lipinski definition) is 0. The van der Waals surface area contributed by atoms with E-state index in [1.165, 1.54) is 250 Å². The van der Waals surface area contributed by atoms with Crippen LogP contribution in [0, 0.1) is 76.2 Å². The van der Waals surface area contributed by atoms with Gasteiger partial charge in [0.15, 0.2) is 0 Å². The standard InChI is InChI=1S/C38H30.3C33H28/c1-27-13-23-35(31-9-5-3-6-10-31)37(25-27)33-19-15-29(16-20-33)30-17-21-34(22-18-30)38-26-28(2)14-24-36(38)32-11-7-4-8-12-32;1-23-8-7-11-29(17-23)33-21-31(26-9-5-4-6-10-26)20-32(22-33)28-14-12-27(13-15-28)30-18-24(2)16-25(3)19-30;1-23-9-11-27(12-10-23)32-20-31(26-7-5-4-6-8-26)21-33(22-32)29-15-13-28(14-16-29)30-18-24(2)17-25(3)19-30;1-23-9-11-28(12-10-23)32-18-17-30(26-7-5-4-6-8-26)22-33(32)29-15-13-27(14-16-29)31-20-24(2)19-25(3)21-31/h3-26H,1-2H3;3*4-22H,1-3H3. The van der Waals surface area contributed by atoms with Crippen LogP contribution in [0.5, 0.6) is 0 Å². The summed E-state index contributed by atoms with van der Waals surface area (Å²) < 4.78 is 0. The lowest BCUT2D eigenvalue weighted by atomic mass is 9.90. The first-order valence-corrected chi connectivity index (χ1v) is 47.7. The lowest BCUT2D eigenvalue weighted by Gasteiger charge is -2.14. The second kappa shape index (κ2) is 42.2. The Balaban J connectivity index is 0.000000122. The molecule has 0 fully saturated rings. The van der Waals surface area contributed by atoms with Gasteiger partial charge in [0, 0.05) is 0 Å². The molecule has 21 aromatic rings. The Morgan fingerprint density at radius 1 is 0.0730 bits per heavy atom. The normalized spacial score (nSPS) is 10.9. The van der Waals surface area contributed by atoms with Gasteiger partial charge in [0.1, 0.15) is 0 Å². The van der Waals surface area contributed by atoms with Crippen molar-refractivity contribution < 1.29 is 0 Å². The fourth-order valence-electron chi connectivity index (χ4n) is 18.9. The number of hydrogen-bond acceptors (Lipinski definition) is 0. The molecule has 21 rings (SSSR count). The minimum absolute atomic E-state index is 1.22. The van der Waals surface area contributed by atoms with Crippen molar-refractivity contribution in [1.29, 1.82) is 0 Å². The summed E-state index contributed by atoms with van der Waals surface area (Å²) in [5.74, 6) is 0. The maximum atomic E-state index is 2.33. The minimum atomic E-state index is 1.22. The maximum absolute atomic E-state index is 2.33. The SMILES string of the molecule is Cc1ccc(-c2cc(-c3ccccc3)cc(-c3ccc(-c4cc(C)cc(C)c4)cc3)c2)cc1.Cc1ccc(-c2ccc(-c3ccccc3)cc2-c2ccc(-c3cc(C)cc(C)c3)cc2)cc1.Cc1ccc(-c2ccccc2)c(-c2ccc(-c3ccc(-c4cc(C)ccc4-c4ccccc4)cc3)cc2)c1.Cc1cccc(-c2cc(-c3ccccc3)cc(-c3ccc(-c4cc(C)cc(C)c4)cc3)c2)c1. The van der Waals surface area contributed by atoms with Crippen LogP contribution in [0.2, 0.25) is 0 Å². The lowest BCUT2D eigenvalue weighted by molar-refractivity contribution is 1.38. The number of rotatable bonds is 17. The predicted molar refractivity (Wildman–Crippen MR) is 590 cm³/mol. The van der Waals surface area contributed by atoms with Gasteiger partial charge in [0.25, 0.3) is 0 Å². The van der Waals surface area contributed by atoms with Crippen LogP contribution in [-0.2, 0) is 0 Å². The van der Waals surface area contributed by atoms with Gasteiger partial charge in [-0.3, -0.25) is 0 Å². The highest BCUT2D eigenvalue weighted by atomic mass is 14.2. The first-order valence-electron chi connectivity index (χ1n) is 47.7. The molecule has 0 aliphatic rings. The van der Waals surface area contributed by atoms with Crippen molar-refractivity contribution in [3.8, 4) is 189 Å². The van der Waals surface area contributed by atoms with E-state index >= 15 is 0 Å². The van der Waals surface area contributed by atoms with Crippen molar-refractivity contribution in [2.45, 2.75) is 76.2 Å². The van der Waals surface area contributed by atoms with E-state index in [0.717, 1.165) is 0 Å². The average Bonchev–Trinajstić information content (AvgIpc) is 0.788. The molecule has 0 amide bonds. The number of aryl methyl sites for hydroxylation is 11. The van der Waals surface area contributed by atoms with E-state index in [-0.39, 0.29) is 0 Å². The molecule has 0 unspecified atom stereocenters. The van der Waals surface area contributed by atoms with Crippen molar-refractivity contribution in [3.05, 3.63) is 553 Å². The third-order valence-corrected chi connectivity index (χ3v) is 25.8. The van der Waals surface area contributed by atoms with Gasteiger partial charge in [0.2, 0.25) is 0 Å². The van der Waals surface area contributed by atoms with E-state index in [9.17, 15) is 0 Å². The van der Waals surface area contributed by atoms with E-state index in [1.54, 1.807) is 0 Å². The number of benzene rings is 21. The Bertz CT molecular complexity index is 7530. The molecule has 0 saturated heterocycles. The van der Waals surface area contributed by atoms with Crippen LogP contribution in [0.25, 0.3) is 189 Å². The molecule has 0 spiro atoms. The third-order valence-electron chi connectivity index (χ3n) is 25.8. The summed E-state index contributed by atoms with van der Waals surface area (Å²) in [6.45, 7) is 23.7. The highest BCUT2D eigenvalue weighted by Crippen LogP contribution is 2.43. The summed E-state index contributed by atoms with van der Waals surface area (Å²) in [6.07, 6.45) is 0. The Hall–Kier alpha value is -16.4. The molecule has 0 N–H and O–H groups in total. The first-order chi connectivity index (χ1) is 66.8. The molecular formula is C137H114. The van der Waals surface area contributed by atoms with E-state index in [4.69, 9.17) is 0 Å². The van der Waals surface area contributed by atoms with Gasteiger partial charge in [-0.1, -0.05) is 510 Å². The van der Waals surface area contributed by atoms with Crippen molar-refractivity contribution in [1.82, 2.24) is 0 Å². The summed E-state index contributed by atoms with van der Waals surface area (Å²) in [6, 6.07) is 179. The van der Waals surface area contributed by atoms with Crippen LogP contribution in [0.3, 0.4) is 0 Å². The second-order valence-electron chi connectivity index (χ2n) is 36.9. The summed E-state index contributed by atoms with van der Waals surface area (Å²) in [7, 11) is 0. The highest BCUT2D eigenvalue weighted by molar-refractivity contribution is 5.92. The topological polar surface area (TPSA) is 0 Å². The molecule has 21 aromatic carbocycles. The predicted octanol–water partition coefficient (Wildman–Crippen LogP) is 38.5. The van der Waals surface area contributed by atoms with Gasteiger partial charge in [-0.2, -0.15) is 0 Å². The molecule has 0 radical (unpaired) electrons. The quantitative estimate of drug-likeness (QED) is 0.0852. The summed E-state index contributed by atoms with van der Waals surface area (Å²) >= 11 is 0. The second-order valence-corrected chi connectivity index (χ2v) is 36.9. The third kappa shape index (κ3) is 22.6. The average molecular weight is 1760 g/mol. The molecule has 0 aromatic heterocycles. The molecule has 0 aliphatic heterocycles. The Morgan fingerprint density at radius 3 is 0.526 bits per heavy atom. The van der Waals surface area contributed by atoms with E-state index < -0.39 is 0 Å². The smallest absolute Gasteiger partial charge is 0.00992 e. The van der Waals surface area contributed by atoms with Crippen molar-refractivity contribution in [2.24, 2.45) is 0 Å². The van der Waals surface area contributed by atoms with Crippen molar-refractivity contribution >= 4 is 0 Å². The molecule has 0 bridgehead atoms. The van der Waals surface area contributed by atoms with E-state index in [1.807, 2.05) is 0 Å². The van der Waals surface area contributed by atoms with Crippen LogP contribution >= 0.6 is 0 Å². The van der Waals surface area contributed by atoms with E-state index in [0.29, 0.717) is 0 Å². The molecule has 0 saturated carbocycles. The van der Waals surface area contributed by atoms with Gasteiger partial charge in [-0.05, 0) is 308 Å². The summed E-state index contributed by atoms with van der Waals surface area (Å²) in [5.41, 5.74) is 56.5. The van der Waals surface area contributed by atoms with Crippen LogP contribution < -0.4 is 0 Å². The maximum Gasteiger partial charge on any atom is -0.00992 e.